The highest BCUT2D eigenvalue weighted by Gasteiger charge is 2.05. The fourth-order valence-electron chi connectivity index (χ4n) is 1.23. The third-order valence-electron chi connectivity index (χ3n) is 1.99. The normalized spacial score (nSPS) is 10.2. The molecule has 2 heterocycles. The zero-order valence-electron chi connectivity index (χ0n) is 9.27. The summed E-state index contributed by atoms with van der Waals surface area (Å²) in [6, 6.07) is 0. The number of aromatic nitrogens is 3. The Morgan fingerprint density at radius 2 is 2.24 bits per heavy atom. The molecule has 0 atom stereocenters. The van der Waals surface area contributed by atoms with E-state index in [0.29, 0.717) is 23.3 Å². The summed E-state index contributed by atoms with van der Waals surface area (Å²) in [7, 11) is 0. The first kappa shape index (κ1) is 12.1. The van der Waals surface area contributed by atoms with E-state index in [4.69, 9.17) is 11.6 Å². The Kier molecular flexibility index (Phi) is 4.11. The van der Waals surface area contributed by atoms with Crippen molar-refractivity contribution in [1.82, 2.24) is 15.0 Å². The van der Waals surface area contributed by atoms with Crippen molar-refractivity contribution in [2.24, 2.45) is 0 Å². The number of hydrogen-bond acceptors (Lipinski definition) is 6. The maximum atomic E-state index is 6.01. The largest absolute Gasteiger partial charge is 0.364 e. The van der Waals surface area contributed by atoms with Crippen LogP contribution in [0, 0.1) is 0 Å². The van der Waals surface area contributed by atoms with E-state index in [-0.39, 0.29) is 0 Å². The van der Waals surface area contributed by atoms with Gasteiger partial charge in [-0.2, -0.15) is 4.98 Å². The number of nitrogens with zero attached hydrogens (tertiary/aromatic N) is 3. The quantitative estimate of drug-likeness (QED) is 0.874. The van der Waals surface area contributed by atoms with Crippen LogP contribution in [0.15, 0.2) is 17.9 Å². The second kappa shape index (κ2) is 5.79. The number of rotatable bonds is 5. The summed E-state index contributed by atoms with van der Waals surface area (Å²) in [5.74, 6) is 1.20. The van der Waals surface area contributed by atoms with Gasteiger partial charge in [0.2, 0.25) is 5.95 Å². The Morgan fingerprint density at radius 3 is 2.94 bits per heavy atom. The monoisotopic (exact) mass is 269 g/mol. The van der Waals surface area contributed by atoms with Crippen LogP contribution in [0.25, 0.3) is 0 Å². The van der Waals surface area contributed by atoms with Crippen molar-refractivity contribution < 1.29 is 0 Å². The molecule has 2 N–H and O–H groups in total. The van der Waals surface area contributed by atoms with E-state index >= 15 is 0 Å². The second-order valence-corrected chi connectivity index (χ2v) is 4.62. The van der Waals surface area contributed by atoms with Crippen LogP contribution in [-0.4, -0.2) is 21.5 Å². The van der Waals surface area contributed by atoms with Crippen molar-refractivity contribution in [2.75, 3.05) is 17.2 Å². The lowest BCUT2D eigenvalue weighted by Crippen LogP contribution is -2.06. The highest BCUT2D eigenvalue weighted by Crippen LogP contribution is 2.20. The molecule has 2 rings (SSSR count). The minimum atomic E-state index is 0.510. The Morgan fingerprint density at radius 1 is 1.35 bits per heavy atom. The maximum absolute atomic E-state index is 6.01. The van der Waals surface area contributed by atoms with Gasteiger partial charge in [-0.25, -0.2) is 4.98 Å². The van der Waals surface area contributed by atoms with Gasteiger partial charge < -0.3 is 10.6 Å². The molecule has 0 saturated carbocycles. The molecule has 0 aromatic carbocycles. The number of nitrogens with one attached hydrogen (secondary N) is 2. The van der Waals surface area contributed by atoms with Crippen LogP contribution in [0.1, 0.15) is 11.8 Å². The molecule has 17 heavy (non-hydrogen) atoms. The van der Waals surface area contributed by atoms with Crippen molar-refractivity contribution in [3.63, 3.8) is 0 Å². The molecular formula is C10H12ClN5S. The van der Waals surface area contributed by atoms with Gasteiger partial charge in [0.15, 0.2) is 5.82 Å². The topological polar surface area (TPSA) is 62.7 Å². The molecule has 0 radical (unpaired) electrons. The molecule has 0 spiro atoms. The predicted octanol–water partition coefficient (Wildman–Crippen LogP) is 2.63. The molecule has 0 saturated heterocycles. The molecule has 5 nitrogen and oxygen atoms in total. The van der Waals surface area contributed by atoms with E-state index in [0.717, 1.165) is 11.4 Å². The molecular weight excluding hydrogens is 258 g/mol. The van der Waals surface area contributed by atoms with Gasteiger partial charge in [0.25, 0.3) is 0 Å². The maximum Gasteiger partial charge on any atom is 0.224 e. The SMILES string of the molecule is CCNc1ncc(Cl)c(NCc2cncs2)n1. The Balaban J connectivity index is 2.06. The molecule has 7 heteroatoms. The van der Waals surface area contributed by atoms with Crippen LogP contribution in [-0.2, 0) is 6.54 Å². The smallest absolute Gasteiger partial charge is 0.224 e. The van der Waals surface area contributed by atoms with Crippen molar-refractivity contribution in [1.29, 1.82) is 0 Å². The minimum absolute atomic E-state index is 0.510. The zero-order chi connectivity index (χ0) is 12.1. The fraction of sp³-hybridized carbons (Fsp3) is 0.300. The van der Waals surface area contributed by atoms with Gasteiger partial charge in [-0.15, -0.1) is 11.3 Å². The first-order valence-corrected chi connectivity index (χ1v) is 6.43. The highest BCUT2D eigenvalue weighted by atomic mass is 35.5. The van der Waals surface area contributed by atoms with Crippen LogP contribution in [0.2, 0.25) is 5.02 Å². The predicted molar refractivity (Wildman–Crippen MR) is 70.6 cm³/mol. The first-order valence-electron chi connectivity index (χ1n) is 5.17. The lowest BCUT2D eigenvalue weighted by molar-refractivity contribution is 1.06. The van der Waals surface area contributed by atoms with E-state index in [1.165, 1.54) is 0 Å². The number of thiazole rings is 1. The van der Waals surface area contributed by atoms with Crippen molar-refractivity contribution >= 4 is 34.7 Å². The van der Waals surface area contributed by atoms with E-state index in [9.17, 15) is 0 Å². The zero-order valence-corrected chi connectivity index (χ0v) is 10.8. The van der Waals surface area contributed by atoms with Crippen molar-refractivity contribution in [2.45, 2.75) is 13.5 Å². The Bertz CT molecular complexity index is 474. The van der Waals surface area contributed by atoms with Crippen LogP contribution in [0.4, 0.5) is 11.8 Å². The first-order chi connectivity index (χ1) is 8.29. The van der Waals surface area contributed by atoms with Gasteiger partial charge in [0, 0.05) is 17.6 Å². The number of anilines is 2. The van der Waals surface area contributed by atoms with Gasteiger partial charge in [0.05, 0.1) is 18.3 Å². The summed E-state index contributed by atoms with van der Waals surface area (Å²) in [6.07, 6.45) is 3.40. The molecule has 0 aliphatic heterocycles. The van der Waals surface area contributed by atoms with Crippen LogP contribution in [0.3, 0.4) is 0 Å². The summed E-state index contributed by atoms with van der Waals surface area (Å²) in [4.78, 5) is 13.5. The molecule has 0 fully saturated rings. The van der Waals surface area contributed by atoms with Gasteiger partial charge in [-0.3, -0.25) is 4.98 Å². The fourth-order valence-corrected chi connectivity index (χ4v) is 1.93. The number of halogens is 1. The van der Waals surface area contributed by atoms with E-state index in [1.54, 1.807) is 23.0 Å². The average Bonchev–Trinajstić information content (AvgIpc) is 2.83. The third kappa shape index (κ3) is 3.28. The molecule has 0 unspecified atom stereocenters. The van der Waals surface area contributed by atoms with E-state index in [1.807, 2.05) is 13.1 Å². The van der Waals surface area contributed by atoms with Gasteiger partial charge in [-0.1, -0.05) is 11.6 Å². The molecule has 90 valence electrons. The molecule has 2 aromatic heterocycles. The highest BCUT2D eigenvalue weighted by molar-refractivity contribution is 7.09. The van der Waals surface area contributed by atoms with E-state index in [2.05, 4.69) is 25.6 Å². The van der Waals surface area contributed by atoms with Crippen LogP contribution in [0.5, 0.6) is 0 Å². The van der Waals surface area contributed by atoms with Crippen LogP contribution < -0.4 is 10.6 Å². The molecule has 0 amide bonds. The summed E-state index contributed by atoms with van der Waals surface area (Å²) < 4.78 is 0. The summed E-state index contributed by atoms with van der Waals surface area (Å²) in [5.41, 5.74) is 1.79. The molecule has 0 aliphatic carbocycles. The molecule has 2 aromatic rings. The standard InChI is InChI=1S/C10H12ClN5S/c1-2-13-10-15-5-8(11)9(16-10)14-4-7-3-12-6-17-7/h3,5-6H,2,4H2,1H3,(H2,13,14,15,16). The molecule has 0 aliphatic rings. The van der Waals surface area contributed by atoms with E-state index < -0.39 is 0 Å². The van der Waals surface area contributed by atoms with Crippen molar-refractivity contribution in [3.8, 4) is 0 Å². The summed E-state index contributed by atoms with van der Waals surface area (Å²) in [5, 5.41) is 6.71. The lowest BCUT2D eigenvalue weighted by Gasteiger charge is -2.08. The summed E-state index contributed by atoms with van der Waals surface area (Å²) in [6.45, 7) is 3.42. The molecule has 0 bridgehead atoms. The summed E-state index contributed by atoms with van der Waals surface area (Å²) >= 11 is 7.60. The van der Waals surface area contributed by atoms with Crippen molar-refractivity contribution in [3.05, 3.63) is 27.8 Å². The van der Waals surface area contributed by atoms with Gasteiger partial charge in [0.1, 0.15) is 5.02 Å². The third-order valence-corrected chi connectivity index (χ3v) is 3.05. The van der Waals surface area contributed by atoms with Crippen LogP contribution >= 0.6 is 22.9 Å². The Hall–Kier alpha value is -1.40. The lowest BCUT2D eigenvalue weighted by atomic mass is 10.5. The van der Waals surface area contributed by atoms with Gasteiger partial charge >= 0.3 is 0 Å². The minimum Gasteiger partial charge on any atom is -0.364 e. The average molecular weight is 270 g/mol. The Labute approximate surface area is 108 Å². The van der Waals surface area contributed by atoms with Gasteiger partial charge in [-0.05, 0) is 6.92 Å². The number of hydrogen-bond donors (Lipinski definition) is 2. The second-order valence-electron chi connectivity index (χ2n) is 3.24.